The molecule has 11 heteroatoms. The van der Waals surface area contributed by atoms with Gasteiger partial charge in [0.1, 0.15) is 5.82 Å². The fourth-order valence-corrected chi connectivity index (χ4v) is 4.48. The number of nitrogens with zero attached hydrogens (tertiary/aromatic N) is 4. The molecule has 0 unspecified atom stereocenters. The first kappa shape index (κ1) is 26.6. The molecular formula is C28H30F2N6O3. The van der Waals surface area contributed by atoms with Crippen LogP contribution in [-0.4, -0.2) is 78.3 Å². The van der Waals surface area contributed by atoms with Crippen molar-refractivity contribution in [2.45, 2.75) is 12.8 Å². The minimum atomic E-state index is -0.649. The van der Waals surface area contributed by atoms with Crippen molar-refractivity contribution in [2.24, 2.45) is 5.92 Å². The van der Waals surface area contributed by atoms with E-state index in [1.807, 2.05) is 12.2 Å². The Labute approximate surface area is 225 Å². The predicted octanol–water partition coefficient (Wildman–Crippen LogP) is 3.96. The Kier molecular flexibility index (Phi) is 8.65. The second-order valence-electron chi connectivity index (χ2n) is 9.56. The molecular weight excluding hydrogens is 506 g/mol. The second-order valence-corrected chi connectivity index (χ2v) is 9.56. The number of ether oxygens (including phenoxy) is 2. The van der Waals surface area contributed by atoms with Crippen molar-refractivity contribution >= 4 is 17.7 Å². The van der Waals surface area contributed by atoms with Gasteiger partial charge in [-0.2, -0.15) is 9.37 Å². The van der Waals surface area contributed by atoms with Crippen molar-refractivity contribution in [3.8, 4) is 5.88 Å². The van der Waals surface area contributed by atoms with E-state index in [1.54, 1.807) is 17.0 Å². The molecule has 2 saturated heterocycles. The highest BCUT2D eigenvalue weighted by atomic mass is 19.1. The third kappa shape index (κ3) is 7.52. The Balaban J connectivity index is 1.10. The minimum Gasteiger partial charge on any atom is -0.475 e. The molecule has 3 heterocycles. The van der Waals surface area contributed by atoms with Gasteiger partial charge in [-0.3, -0.25) is 4.90 Å². The van der Waals surface area contributed by atoms with E-state index < -0.39 is 11.6 Å². The Bertz CT molecular complexity index is 1320. The van der Waals surface area contributed by atoms with Crippen molar-refractivity contribution in [1.82, 2.24) is 19.8 Å². The van der Waals surface area contributed by atoms with E-state index in [-0.39, 0.29) is 30.4 Å². The summed E-state index contributed by atoms with van der Waals surface area (Å²) in [6, 6.07) is 5.50. The van der Waals surface area contributed by atoms with E-state index >= 15 is 0 Å². The Morgan fingerprint density at radius 1 is 1.13 bits per heavy atom. The van der Waals surface area contributed by atoms with Gasteiger partial charge in [-0.05, 0) is 54.8 Å². The van der Waals surface area contributed by atoms with Gasteiger partial charge in [0.05, 0.1) is 31.7 Å². The number of rotatable bonds is 8. The molecule has 9 nitrogen and oxygen atoms in total. The molecule has 5 rings (SSSR count). The number of carbonyl (C=O) groups excluding carboxylic acids is 1. The van der Waals surface area contributed by atoms with Crippen LogP contribution in [0.25, 0.3) is 0 Å². The molecule has 1 aliphatic carbocycles. The van der Waals surface area contributed by atoms with Crippen LogP contribution in [0.5, 0.6) is 5.88 Å². The zero-order valence-corrected chi connectivity index (χ0v) is 21.5. The molecule has 2 amide bonds. The summed E-state index contributed by atoms with van der Waals surface area (Å²) in [5.74, 6) is -0.861. The van der Waals surface area contributed by atoms with E-state index in [2.05, 4.69) is 37.0 Å². The maximum atomic E-state index is 14.3. The number of halogens is 2. The van der Waals surface area contributed by atoms with Crippen molar-refractivity contribution < 1.29 is 23.0 Å². The summed E-state index contributed by atoms with van der Waals surface area (Å²) >= 11 is 0. The van der Waals surface area contributed by atoms with Crippen molar-refractivity contribution in [2.75, 3.05) is 63.2 Å². The lowest BCUT2D eigenvalue weighted by molar-refractivity contribution is 0.0426. The number of hydrogen-bond acceptors (Lipinski definition) is 7. The fourth-order valence-electron chi connectivity index (χ4n) is 4.48. The number of amides is 2. The van der Waals surface area contributed by atoms with Crippen LogP contribution in [0.1, 0.15) is 12.8 Å². The molecule has 0 bridgehead atoms. The zero-order valence-electron chi connectivity index (χ0n) is 21.5. The van der Waals surface area contributed by atoms with Crippen LogP contribution in [0, 0.1) is 17.6 Å². The average molecular weight is 537 g/mol. The van der Waals surface area contributed by atoms with E-state index in [9.17, 15) is 13.6 Å². The quantitative estimate of drug-likeness (QED) is 0.494. The largest absolute Gasteiger partial charge is 0.475 e. The van der Waals surface area contributed by atoms with Crippen LogP contribution >= 0.6 is 0 Å². The maximum absolute atomic E-state index is 14.3. The summed E-state index contributed by atoms with van der Waals surface area (Å²) in [6.45, 7) is 5.35. The topological polar surface area (TPSA) is 91.9 Å². The number of aromatic nitrogens is 2. The van der Waals surface area contributed by atoms with Crippen LogP contribution in [0.2, 0.25) is 0 Å². The van der Waals surface area contributed by atoms with Crippen LogP contribution in [0.3, 0.4) is 0 Å². The molecule has 39 heavy (non-hydrogen) atoms. The number of benzene rings is 1. The summed E-state index contributed by atoms with van der Waals surface area (Å²) in [4.78, 5) is 24.6. The number of carbonyl (C=O) groups is 1. The van der Waals surface area contributed by atoms with Crippen LogP contribution < -0.4 is 15.4 Å². The summed E-state index contributed by atoms with van der Waals surface area (Å²) in [5, 5.41) is 5.73. The first-order valence-corrected chi connectivity index (χ1v) is 13.0. The number of likely N-dealkylation sites (tertiary alicyclic amines) is 1. The smallest absolute Gasteiger partial charge is 0.321 e. The highest BCUT2D eigenvalue weighted by Gasteiger charge is 2.24. The van der Waals surface area contributed by atoms with E-state index in [0.717, 1.165) is 44.6 Å². The minimum absolute atomic E-state index is 0.133. The van der Waals surface area contributed by atoms with Crippen LogP contribution in [-0.2, 0) is 4.74 Å². The normalized spacial score (nSPS) is 17.9. The van der Waals surface area contributed by atoms with E-state index in [1.165, 1.54) is 12.1 Å². The lowest BCUT2D eigenvalue weighted by Gasteiger charge is -2.31. The molecule has 0 atom stereocenters. The Morgan fingerprint density at radius 2 is 1.95 bits per heavy atom. The molecule has 3 aliphatic rings. The number of hydrogen-bond donors (Lipinski definition) is 2. The molecule has 1 aromatic heterocycles. The number of anilines is 2. The molecule has 2 N–H and O–H groups in total. The van der Waals surface area contributed by atoms with Gasteiger partial charge in [0.25, 0.3) is 5.88 Å². The number of allylic oxidation sites excluding steroid dienone is 1. The molecule has 204 valence electrons. The molecule has 2 aromatic rings. The fraction of sp³-hybridized carbons (Fsp3) is 0.393. The molecule has 2 aliphatic heterocycles. The van der Waals surface area contributed by atoms with Gasteiger partial charge < -0.3 is 25.0 Å². The molecule has 2 fully saturated rings. The number of morpholine rings is 1. The molecule has 0 saturated carbocycles. The van der Waals surface area contributed by atoms with Crippen LogP contribution in [0.4, 0.5) is 25.2 Å². The lowest BCUT2D eigenvalue weighted by atomic mass is 9.98. The highest BCUT2D eigenvalue weighted by Crippen LogP contribution is 2.22. The second kappa shape index (κ2) is 12.7. The third-order valence-electron chi connectivity index (χ3n) is 6.70. The van der Waals surface area contributed by atoms with Crippen molar-refractivity contribution in [1.29, 1.82) is 0 Å². The third-order valence-corrected chi connectivity index (χ3v) is 6.70. The number of urea groups is 1. The Hall–Kier alpha value is -4.01. The number of nitrogens with one attached hydrogen (secondary N) is 2. The lowest BCUT2D eigenvalue weighted by Crippen LogP contribution is -2.42. The van der Waals surface area contributed by atoms with Crippen LogP contribution in [0.15, 0.2) is 65.3 Å². The SMILES string of the molecule is O=C(Nc1cccc(F)c1)N1CCC(COc2nc(NC3=C=C=C(CN4CCOCC4)C=C3)ncc2F)CC1. The zero-order chi connectivity index (χ0) is 27.0. The average Bonchev–Trinajstić information content (AvgIpc) is 2.95. The van der Waals surface area contributed by atoms with Gasteiger partial charge >= 0.3 is 6.03 Å². The number of piperidine rings is 1. The van der Waals surface area contributed by atoms with Crippen molar-refractivity contribution in [3.63, 3.8) is 0 Å². The molecule has 0 spiro atoms. The molecule has 1 aromatic carbocycles. The van der Waals surface area contributed by atoms with Gasteiger partial charge in [-0.15, -0.1) is 0 Å². The summed E-state index contributed by atoms with van der Waals surface area (Å²) in [5.41, 5.74) is 8.25. The van der Waals surface area contributed by atoms with Gasteiger partial charge in [0.15, 0.2) is 0 Å². The molecule has 0 radical (unpaired) electrons. The van der Waals surface area contributed by atoms with Gasteiger partial charge in [0, 0.05) is 44.0 Å². The summed E-state index contributed by atoms with van der Waals surface area (Å²) in [7, 11) is 0. The van der Waals surface area contributed by atoms with Gasteiger partial charge in [-0.1, -0.05) is 11.8 Å². The monoisotopic (exact) mass is 536 g/mol. The predicted molar refractivity (Wildman–Crippen MR) is 141 cm³/mol. The highest BCUT2D eigenvalue weighted by molar-refractivity contribution is 5.89. The Morgan fingerprint density at radius 3 is 2.69 bits per heavy atom. The first-order chi connectivity index (χ1) is 19.0. The van der Waals surface area contributed by atoms with E-state index in [4.69, 9.17) is 9.47 Å². The standard InChI is InChI=1S/C28H30F2N6O3/c29-22-2-1-3-24(16-22)33-28(37)36-10-8-21(9-11-36)19-39-26-25(30)17-31-27(34-26)32-23-6-4-20(5-7-23)18-35-12-14-38-15-13-35/h1-4,6,16-17,21H,8-15,18-19H2,(H,33,37)(H,31,32,34). The first-order valence-electron chi connectivity index (χ1n) is 13.0. The van der Waals surface area contributed by atoms with E-state index in [0.29, 0.717) is 37.3 Å². The van der Waals surface area contributed by atoms with Crippen molar-refractivity contribution in [3.05, 3.63) is 77.0 Å². The van der Waals surface area contributed by atoms with Gasteiger partial charge in [-0.25, -0.2) is 14.2 Å². The summed E-state index contributed by atoms with van der Waals surface area (Å²) < 4.78 is 38.8. The maximum Gasteiger partial charge on any atom is 0.321 e. The van der Waals surface area contributed by atoms with Gasteiger partial charge in [0.2, 0.25) is 11.8 Å². The summed E-state index contributed by atoms with van der Waals surface area (Å²) in [6.07, 6.45) is 6.27.